The number of hydrogen-bond donors (Lipinski definition) is 1. The zero-order valence-corrected chi connectivity index (χ0v) is 9.69. The van der Waals surface area contributed by atoms with E-state index in [1.165, 1.54) is 18.7 Å². The first-order valence-corrected chi connectivity index (χ1v) is 5.23. The highest BCUT2D eigenvalue weighted by molar-refractivity contribution is 5.90. The van der Waals surface area contributed by atoms with Gasteiger partial charge in [0.25, 0.3) is 0 Å². The molecule has 0 aliphatic carbocycles. The summed E-state index contributed by atoms with van der Waals surface area (Å²) in [6, 6.07) is 8.02. The molecule has 0 amide bonds. The first-order valence-electron chi connectivity index (χ1n) is 5.23. The lowest BCUT2D eigenvalue weighted by atomic mass is 10.0. The summed E-state index contributed by atoms with van der Waals surface area (Å²) in [4.78, 5) is 11.0. The molecule has 3 heteroatoms. The van der Waals surface area contributed by atoms with Crippen LogP contribution in [0.4, 0.5) is 0 Å². The van der Waals surface area contributed by atoms with Gasteiger partial charge < -0.3 is 10.5 Å². The van der Waals surface area contributed by atoms with Crippen LogP contribution < -0.4 is 5.73 Å². The van der Waals surface area contributed by atoms with Crippen LogP contribution in [0, 0.1) is 0 Å². The standard InChI is InChI=1S/C13H17NO2/c1-10(9-13(15)16-2)12-5-3-11(4-6-12)7-8-14/h3-6,9H,7-8,14H2,1-2H3/b10-9+. The summed E-state index contributed by atoms with van der Waals surface area (Å²) in [6.07, 6.45) is 2.36. The van der Waals surface area contributed by atoms with Crippen LogP contribution in [0.25, 0.3) is 5.57 Å². The lowest BCUT2D eigenvalue weighted by Crippen LogP contribution is -2.02. The number of carbonyl (C=O) groups excluding carboxylic acids is 1. The van der Waals surface area contributed by atoms with Crippen LogP contribution >= 0.6 is 0 Å². The van der Waals surface area contributed by atoms with E-state index < -0.39 is 0 Å². The van der Waals surface area contributed by atoms with Gasteiger partial charge in [-0.2, -0.15) is 0 Å². The van der Waals surface area contributed by atoms with Gasteiger partial charge in [-0.05, 0) is 36.6 Å². The van der Waals surface area contributed by atoms with E-state index in [9.17, 15) is 4.79 Å². The van der Waals surface area contributed by atoms with Crippen LogP contribution in [-0.2, 0) is 16.0 Å². The molecule has 1 rings (SSSR count). The van der Waals surface area contributed by atoms with Crippen molar-refractivity contribution in [2.75, 3.05) is 13.7 Å². The summed E-state index contributed by atoms with van der Waals surface area (Å²) < 4.78 is 4.57. The lowest BCUT2D eigenvalue weighted by Gasteiger charge is -2.03. The minimum atomic E-state index is -0.330. The molecular weight excluding hydrogens is 202 g/mol. The molecule has 0 saturated carbocycles. The van der Waals surface area contributed by atoms with Crippen LogP contribution in [0.5, 0.6) is 0 Å². The summed E-state index contributed by atoms with van der Waals surface area (Å²) in [6.45, 7) is 2.53. The van der Waals surface area contributed by atoms with E-state index in [2.05, 4.69) is 4.74 Å². The van der Waals surface area contributed by atoms with Crippen LogP contribution in [0.15, 0.2) is 30.3 Å². The molecule has 2 N–H and O–H groups in total. The molecule has 0 aliphatic rings. The normalized spacial score (nSPS) is 11.3. The van der Waals surface area contributed by atoms with Crippen molar-refractivity contribution in [1.29, 1.82) is 0 Å². The molecule has 1 aromatic rings. The van der Waals surface area contributed by atoms with Crippen molar-refractivity contribution in [3.05, 3.63) is 41.5 Å². The van der Waals surface area contributed by atoms with Crippen LogP contribution in [0.3, 0.4) is 0 Å². The largest absolute Gasteiger partial charge is 0.466 e. The van der Waals surface area contributed by atoms with Gasteiger partial charge in [0.2, 0.25) is 0 Å². The first-order chi connectivity index (χ1) is 7.67. The van der Waals surface area contributed by atoms with E-state index in [1.807, 2.05) is 31.2 Å². The molecule has 0 unspecified atom stereocenters. The van der Waals surface area contributed by atoms with E-state index in [0.29, 0.717) is 6.54 Å². The fourth-order valence-corrected chi connectivity index (χ4v) is 1.42. The molecule has 0 atom stereocenters. The molecular formula is C13H17NO2. The van der Waals surface area contributed by atoms with Gasteiger partial charge in [-0.3, -0.25) is 0 Å². The highest BCUT2D eigenvalue weighted by Gasteiger charge is 2.00. The van der Waals surface area contributed by atoms with Crippen molar-refractivity contribution >= 4 is 11.5 Å². The van der Waals surface area contributed by atoms with Crippen molar-refractivity contribution in [2.24, 2.45) is 5.73 Å². The Morgan fingerprint density at radius 2 is 2.00 bits per heavy atom. The quantitative estimate of drug-likeness (QED) is 0.620. The fourth-order valence-electron chi connectivity index (χ4n) is 1.42. The Morgan fingerprint density at radius 3 is 2.50 bits per heavy atom. The van der Waals surface area contributed by atoms with Crippen molar-refractivity contribution in [1.82, 2.24) is 0 Å². The number of allylic oxidation sites excluding steroid dienone is 1. The summed E-state index contributed by atoms with van der Waals surface area (Å²) in [5.41, 5.74) is 8.59. The molecule has 86 valence electrons. The topological polar surface area (TPSA) is 52.3 Å². The van der Waals surface area contributed by atoms with Crippen molar-refractivity contribution in [3.63, 3.8) is 0 Å². The maximum Gasteiger partial charge on any atom is 0.330 e. The van der Waals surface area contributed by atoms with Gasteiger partial charge in [-0.15, -0.1) is 0 Å². The number of esters is 1. The third-order valence-electron chi connectivity index (χ3n) is 2.38. The predicted molar refractivity (Wildman–Crippen MR) is 64.9 cm³/mol. The van der Waals surface area contributed by atoms with E-state index in [-0.39, 0.29) is 5.97 Å². The van der Waals surface area contributed by atoms with E-state index in [0.717, 1.165) is 17.6 Å². The second-order valence-corrected chi connectivity index (χ2v) is 3.59. The Hall–Kier alpha value is -1.61. The number of ether oxygens (including phenoxy) is 1. The molecule has 0 spiro atoms. The Labute approximate surface area is 95.9 Å². The van der Waals surface area contributed by atoms with Crippen molar-refractivity contribution < 1.29 is 9.53 Å². The summed E-state index contributed by atoms with van der Waals surface area (Å²) in [5, 5.41) is 0. The van der Waals surface area contributed by atoms with Gasteiger partial charge in [-0.25, -0.2) is 4.79 Å². The Kier molecular flexibility index (Phi) is 4.73. The molecule has 0 aromatic heterocycles. The van der Waals surface area contributed by atoms with Gasteiger partial charge in [0, 0.05) is 6.08 Å². The van der Waals surface area contributed by atoms with Crippen molar-refractivity contribution in [3.8, 4) is 0 Å². The van der Waals surface area contributed by atoms with Crippen LogP contribution in [0.1, 0.15) is 18.1 Å². The number of benzene rings is 1. The molecule has 16 heavy (non-hydrogen) atoms. The fraction of sp³-hybridized carbons (Fsp3) is 0.308. The maximum absolute atomic E-state index is 11.0. The van der Waals surface area contributed by atoms with Crippen LogP contribution in [-0.4, -0.2) is 19.6 Å². The SMILES string of the molecule is COC(=O)/C=C(\C)c1ccc(CCN)cc1. The zero-order valence-electron chi connectivity index (χ0n) is 9.69. The number of carbonyl (C=O) groups is 1. The Bertz CT molecular complexity index is 379. The number of nitrogens with two attached hydrogens (primary N) is 1. The van der Waals surface area contributed by atoms with Gasteiger partial charge in [-0.1, -0.05) is 24.3 Å². The van der Waals surface area contributed by atoms with Gasteiger partial charge in [0.1, 0.15) is 0 Å². The molecule has 1 aromatic carbocycles. The number of methoxy groups -OCH3 is 1. The maximum atomic E-state index is 11.0. The number of rotatable bonds is 4. The monoisotopic (exact) mass is 219 g/mol. The Balaban J connectivity index is 2.81. The highest BCUT2D eigenvalue weighted by Crippen LogP contribution is 2.14. The lowest BCUT2D eigenvalue weighted by molar-refractivity contribution is -0.134. The van der Waals surface area contributed by atoms with E-state index >= 15 is 0 Å². The minimum absolute atomic E-state index is 0.330. The van der Waals surface area contributed by atoms with E-state index in [1.54, 1.807) is 0 Å². The van der Waals surface area contributed by atoms with Gasteiger partial charge >= 0.3 is 5.97 Å². The average molecular weight is 219 g/mol. The molecule has 0 heterocycles. The summed E-state index contributed by atoms with van der Waals surface area (Å²) in [5.74, 6) is -0.330. The van der Waals surface area contributed by atoms with Crippen molar-refractivity contribution in [2.45, 2.75) is 13.3 Å². The first kappa shape index (κ1) is 12.5. The van der Waals surface area contributed by atoms with Gasteiger partial charge in [0.05, 0.1) is 7.11 Å². The third kappa shape index (κ3) is 3.51. The molecule has 0 radical (unpaired) electrons. The zero-order chi connectivity index (χ0) is 12.0. The molecule has 0 bridgehead atoms. The number of hydrogen-bond acceptors (Lipinski definition) is 3. The van der Waals surface area contributed by atoms with Crippen LogP contribution in [0.2, 0.25) is 0 Å². The predicted octanol–water partition coefficient (Wildman–Crippen LogP) is 1.76. The second kappa shape index (κ2) is 6.08. The summed E-state index contributed by atoms with van der Waals surface area (Å²) >= 11 is 0. The smallest absolute Gasteiger partial charge is 0.330 e. The molecule has 0 aliphatic heterocycles. The third-order valence-corrected chi connectivity index (χ3v) is 2.38. The second-order valence-electron chi connectivity index (χ2n) is 3.59. The van der Waals surface area contributed by atoms with E-state index in [4.69, 9.17) is 5.73 Å². The molecule has 0 fully saturated rings. The Morgan fingerprint density at radius 1 is 1.38 bits per heavy atom. The minimum Gasteiger partial charge on any atom is -0.466 e. The van der Waals surface area contributed by atoms with Gasteiger partial charge in [0.15, 0.2) is 0 Å². The highest BCUT2D eigenvalue weighted by atomic mass is 16.5. The molecule has 3 nitrogen and oxygen atoms in total. The molecule has 0 saturated heterocycles. The average Bonchev–Trinajstić information content (AvgIpc) is 2.30. The summed E-state index contributed by atoms with van der Waals surface area (Å²) in [7, 11) is 1.37.